The summed E-state index contributed by atoms with van der Waals surface area (Å²) in [5.41, 5.74) is 2.90. The van der Waals surface area contributed by atoms with E-state index >= 15 is 0 Å². The molecule has 0 radical (unpaired) electrons. The highest BCUT2D eigenvalue weighted by molar-refractivity contribution is 6.07. The van der Waals surface area contributed by atoms with Crippen LogP contribution >= 0.6 is 0 Å². The summed E-state index contributed by atoms with van der Waals surface area (Å²) < 4.78 is 2.11. The lowest BCUT2D eigenvalue weighted by Crippen LogP contribution is -2.50. The minimum atomic E-state index is -0.411. The molecule has 0 spiro atoms. The van der Waals surface area contributed by atoms with Crippen LogP contribution in [-0.4, -0.2) is 27.7 Å². The molecule has 4 heteroatoms. The summed E-state index contributed by atoms with van der Waals surface area (Å²) in [5, 5.41) is 13.6. The number of nitrogens with one attached hydrogen (secondary N) is 1. The number of rotatable bonds is 4. The van der Waals surface area contributed by atoms with Crippen LogP contribution in [0, 0.1) is 0 Å². The highest BCUT2D eigenvalue weighted by atomic mass is 16.3. The smallest absolute Gasteiger partial charge is 0.253 e. The second-order valence-corrected chi connectivity index (χ2v) is 6.40. The first-order valence-electron chi connectivity index (χ1n) is 8.33. The number of amides is 1. The number of aliphatic hydroxyl groups excluding tert-OH is 1. The summed E-state index contributed by atoms with van der Waals surface area (Å²) in [5.74, 6) is -0.109. The van der Waals surface area contributed by atoms with E-state index in [0.717, 1.165) is 30.3 Å². The van der Waals surface area contributed by atoms with Crippen molar-refractivity contribution in [1.29, 1.82) is 0 Å². The number of hydrogen-bond acceptors (Lipinski definition) is 2. The zero-order valence-electron chi connectivity index (χ0n) is 13.4. The van der Waals surface area contributed by atoms with Crippen molar-refractivity contribution in [2.75, 3.05) is 0 Å². The number of aromatic nitrogens is 1. The maximum Gasteiger partial charge on any atom is 0.253 e. The summed E-state index contributed by atoms with van der Waals surface area (Å²) in [6, 6.07) is 18.0. The molecule has 4 nitrogen and oxygen atoms in total. The molecular weight excluding hydrogens is 300 g/mol. The lowest BCUT2D eigenvalue weighted by Gasteiger charge is -2.32. The number of aliphatic hydroxyl groups is 1. The van der Waals surface area contributed by atoms with Crippen molar-refractivity contribution in [3.63, 3.8) is 0 Å². The first-order chi connectivity index (χ1) is 11.7. The predicted octanol–water partition coefficient (Wildman–Crippen LogP) is 2.94. The van der Waals surface area contributed by atoms with Gasteiger partial charge in [-0.05, 0) is 24.5 Å². The SMILES string of the molecule is O=C(N[C@@H]1CC[C@H]1O)c1cn(Cc2ccccc2)c2ccccc12. The van der Waals surface area contributed by atoms with Crippen LogP contribution in [-0.2, 0) is 6.54 Å². The summed E-state index contributed by atoms with van der Waals surface area (Å²) in [4.78, 5) is 12.6. The average molecular weight is 320 g/mol. The van der Waals surface area contributed by atoms with Gasteiger partial charge in [0.2, 0.25) is 0 Å². The van der Waals surface area contributed by atoms with Gasteiger partial charge in [0.15, 0.2) is 0 Å². The number of carbonyl (C=O) groups is 1. The van der Waals surface area contributed by atoms with Crippen LogP contribution in [0.2, 0.25) is 0 Å². The zero-order chi connectivity index (χ0) is 16.5. The third kappa shape index (κ3) is 2.69. The number of nitrogens with zero attached hydrogens (tertiary/aromatic N) is 1. The Morgan fingerprint density at radius 1 is 1.08 bits per heavy atom. The molecule has 1 saturated carbocycles. The highest BCUT2D eigenvalue weighted by Gasteiger charge is 2.31. The van der Waals surface area contributed by atoms with Crippen molar-refractivity contribution in [2.24, 2.45) is 0 Å². The van der Waals surface area contributed by atoms with E-state index in [1.807, 2.05) is 48.7 Å². The molecule has 0 aliphatic heterocycles. The molecule has 1 aliphatic carbocycles. The van der Waals surface area contributed by atoms with E-state index in [2.05, 4.69) is 22.0 Å². The molecule has 1 heterocycles. The molecule has 1 aromatic heterocycles. The molecule has 3 aromatic rings. The van der Waals surface area contributed by atoms with E-state index in [1.165, 1.54) is 5.56 Å². The van der Waals surface area contributed by atoms with Crippen molar-refractivity contribution < 1.29 is 9.90 Å². The molecule has 24 heavy (non-hydrogen) atoms. The van der Waals surface area contributed by atoms with Gasteiger partial charge in [0.25, 0.3) is 5.91 Å². The molecule has 0 bridgehead atoms. The van der Waals surface area contributed by atoms with Gasteiger partial charge >= 0.3 is 0 Å². The van der Waals surface area contributed by atoms with Gasteiger partial charge < -0.3 is 15.0 Å². The first kappa shape index (κ1) is 15.0. The highest BCUT2D eigenvalue weighted by Crippen LogP contribution is 2.24. The van der Waals surface area contributed by atoms with Crippen LogP contribution < -0.4 is 5.32 Å². The van der Waals surface area contributed by atoms with Crippen LogP contribution in [0.1, 0.15) is 28.8 Å². The minimum Gasteiger partial charge on any atom is -0.391 e. The maximum absolute atomic E-state index is 12.6. The Hall–Kier alpha value is -2.59. The Morgan fingerprint density at radius 2 is 1.83 bits per heavy atom. The van der Waals surface area contributed by atoms with Crippen LogP contribution in [0.15, 0.2) is 60.8 Å². The fraction of sp³-hybridized carbons (Fsp3) is 0.250. The molecule has 1 aliphatic rings. The van der Waals surface area contributed by atoms with Crippen molar-refractivity contribution in [1.82, 2.24) is 9.88 Å². The maximum atomic E-state index is 12.6. The van der Waals surface area contributed by atoms with Gasteiger partial charge in [-0.25, -0.2) is 0 Å². The Balaban J connectivity index is 1.67. The molecule has 1 fully saturated rings. The summed E-state index contributed by atoms with van der Waals surface area (Å²) in [6.45, 7) is 0.723. The van der Waals surface area contributed by atoms with Crippen LogP contribution in [0.4, 0.5) is 0 Å². The normalized spacial score (nSPS) is 19.9. The molecule has 0 saturated heterocycles. The van der Waals surface area contributed by atoms with Crippen molar-refractivity contribution in [3.05, 3.63) is 71.9 Å². The van der Waals surface area contributed by atoms with Gasteiger partial charge in [-0.2, -0.15) is 0 Å². The van der Waals surface area contributed by atoms with Gasteiger partial charge in [0.05, 0.1) is 17.7 Å². The minimum absolute atomic E-state index is 0.109. The lowest BCUT2D eigenvalue weighted by atomic mass is 9.89. The number of benzene rings is 2. The van der Waals surface area contributed by atoms with Crippen LogP contribution in [0.3, 0.4) is 0 Å². The molecule has 122 valence electrons. The van der Waals surface area contributed by atoms with Crippen molar-refractivity contribution in [3.8, 4) is 0 Å². The summed E-state index contributed by atoms with van der Waals surface area (Å²) in [7, 11) is 0. The molecule has 1 amide bonds. The Morgan fingerprint density at radius 3 is 2.54 bits per heavy atom. The molecule has 2 atom stereocenters. The van der Waals surface area contributed by atoms with Gasteiger partial charge in [0, 0.05) is 23.6 Å². The van der Waals surface area contributed by atoms with Gasteiger partial charge in [-0.3, -0.25) is 4.79 Å². The third-order valence-corrected chi connectivity index (χ3v) is 4.78. The number of fused-ring (bicyclic) bond motifs is 1. The van der Waals surface area contributed by atoms with Gasteiger partial charge in [-0.15, -0.1) is 0 Å². The standard InChI is InChI=1S/C20H20N2O2/c23-19-11-10-17(19)21-20(24)16-13-22(12-14-6-2-1-3-7-14)18-9-5-4-8-15(16)18/h1-9,13,17,19,23H,10-12H2,(H,21,24)/t17-,19-/m1/s1. The number of hydrogen-bond donors (Lipinski definition) is 2. The zero-order valence-corrected chi connectivity index (χ0v) is 13.4. The van der Waals surface area contributed by atoms with E-state index in [0.29, 0.717) is 5.56 Å². The molecule has 0 unspecified atom stereocenters. The fourth-order valence-corrected chi connectivity index (χ4v) is 3.24. The number of carbonyl (C=O) groups excluding carboxylic acids is 1. The lowest BCUT2D eigenvalue weighted by molar-refractivity contribution is 0.0448. The second kappa shape index (κ2) is 6.13. The van der Waals surface area contributed by atoms with E-state index in [-0.39, 0.29) is 11.9 Å². The molecule has 2 N–H and O–H groups in total. The quantitative estimate of drug-likeness (QED) is 0.776. The largest absolute Gasteiger partial charge is 0.391 e. The Bertz CT molecular complexity index is 870. The fourth-order valence-electron chi connectivity index (χ4n) is 3.24. The van der Waals surface area contributed by atoms with Gasteiger partial charge in [0.1, 0.15) is 0 Å². The van der Waals surface area contributed by atoms with E-state index in [9.17, 15) is 9.90 Å². The Labute approximate surface area is 140 Å². The van der Waals surface area contributed by atoms with Gasteiger partial charge in [-0.1, -0.05) is 48.5 Å². The third-order valence-electron chi connectivity index (χ3n) is 4.78. The number of para-hydroxylation sites is 1. The van der Waals surface area contributed by atoms with E-state index in [1.54, 1.807) is 0 Å². The summed E-state index contributed by atoms with van der Waals surface area (Å²) >= 11 is 0. The van der Waals surface area contributed by atoms with Crippen LogP contribution in [0.25, 0.3) is 10.9 Å². The topological polar surface area (TPSA) is 54.3 Å². The monoisotopic (exact) mass is 320 g/mol. The summed E-state index contributed by atoms with van der Waals surface area (Å²) in [6.07, 6.45) is 3.11. The second-order valence-electron chi connectivity index (χ2n) is 6.40. The predicted molar refractivity (Wildman–Crippen MR) is 94.0 cm³/mol. The van der Waals surface area contributed by atoms with Crippen molar-refractivity contribution in [2.45, 2.75) is 31.5 Å². The van der Waals surface area contributed by atoms with E-state index in [4.69, 9.17) is 0 Å². The van der Waals surface area contributed by atoms with Crippen molar-refractivity contribution >= 4 is 16.8 Å². The first-order valence-corrected chi connectivity index (χ1v) is 8.33. The molecular formula is C20H20N2O2. The Kier molecular flexibility index (Phi) is 3.82. The van der Waals surface area contributed by atoms with Crippen LogP contribution in [0.5, 0.6) is 0 Å². The molecule has 4 rings (SSSR count). The molecule has 2 aromatic carbocycles. The average Bonchev–Trinajstić information content (AvgIpc) is 2.98. The van der Waals surface area contributed by atoms with E-state index < -0.39 is 6.10 Å².